The molecule has 0 saturated heterocycles. The molecule has 0 aliphatic heterocycles. The summed E-state index contributed by atoms with van der Waals surface area (Å²) in [5.41, 5.74) is 6.15. The van der Waals surface area contributed by atoms with Crippen LogP contribution in [0.3, 0.4) is 0 Å². The number of para-hydroxylation sites is 1. The molecule has 1 aromatic carbocycles. The zero-order valence-electron chi connectivity index (χ0n) is 7.40. The molecule has 0 atom stereocenters. The summed E-state index contributed by atoms with van der Waals surface area (Å²) >= 11 is 0. The standard InChI is InChI=1S/C9H12N2O.HI/c1-7(10)11-6-8-4-2-3-5-9(8)12;/h2-5,12H,6H2,1H3,(H2,10,11);1H. The largest absolute Gasteiger partial charge is 0.508 e. The molecular weight excluding hydrogens is 279 g/mol. The first-order chi connectivity index (χ1) is 5.70. The third kappa shape index (κ3) is 4.12. The number of phenolic OH excluding ortho intramolecular Hbond substituents is 1. The molecule has 0 amide bonds. The Morgan fingerprint density at radius 2 is 2.08 bits per heavy atom. The van der Waals surface area contributed by atoms with Crippen LogP contribution in [0.4, 0.5) is 0 Å². The van der Waals surface area contributed by atoms with E-state index in [0.717, 1.165) is 5.56 Å². The summed E-state index contributed by atoms with van der Waals surface area (Å²) in [6.07, 6.45) is 0. The van der Waals surface area contributed by atoms with Crippen LogP contribution in [0.15, 0.2) is 29.3 Å². The van der Waals surface area contributed by atoms with Crippen molar-refractivity contribution in [1.82, 2.24) is 0 Å². The first-order valence-corrected chi connectivity index (χ1v) is 3.73. The van der Waals surface area contributed by atoms with E-state index >= 15 is 0 Å². The second-order valence-electron chi connectivity index (χ2n) is 2.59. The fraction of sp³-hybridized carbons (Fsp3) is 0.222. The number of hydrogen-bond donors (Lipinski definition) is 2. The quantitative estimate of drug-likeness (QED) is 0.497. The van der Waals surface area contributed by atoms with Gasteiger partial charge in [-0.1, -0.05) is 18.2 Å². The van der Waals surface area contributed by atoms with Crippen molar-refractivity contribution in [3.8, 4) is 5.75 Å². The minimum absolute atomic E-state index is 0. The van der Waals surface area contributed by atoms with Gasteiger partial charge in [-0.25, -0.2) is 0 Å². The number of aromatic hydroxyl groups is 1. The van der Waals surface area contributed by atoms with Crippen LogP contribution < -0.4 is 5.73 Å². The average molecular weight is 292 g/mol. The van der Waals surface area contributed by atoms with Crippen molar-refractivity contribution < 1.29 is 5.11 Å². The summed E-state index contributed by atoms with van der Waals surface area (Å²) in [4.78, 5) is 3.99. The molecular formula is C9H13IN2O. The van der Waals surface area contributed by atoms with Crippen LogP contribution in [0.1, 0.15) is 12.5 Å². The molecule has 13 heavy (non-hydrogen) atoms. The summed E-state index contributed by atoms with van der Waals surface area (Å²) in [7, 11) is 0. The number of hydrogen-bond acceptors (Lipinski definition) is 2. The Labute approximate surface area is 94.7 Å². The average Bonchev–Trinajstić information content (AvgIpc) is 2.03. The molecule has 3 N–H and O–H groups in total. The van der Waals surface area contributed by atoms with Crippen LogP contribution in [0.5, 0.6) is 5.75 Å². The van der Waals surface area contributed by atoms with Crippen molar-refractivity contribution in [2.75, 3.05) is 0 Å². The maximum atomic E-state index is 9.31. The van der Waals surface area contributed by atoms with Gasteiger partial charge in [0.05, 0.1) is 12.4 Å². The molecule has 0 aromatic heterocycles. The van der Waals surface area contributed by atoms with E-state index in [1.54, 1.807) is 19.1 Å². The lowest BCUT2D eigenvalue weighted by Gasteiger charge is -1.99. The minimum Gasteiger partial charge on any atom is -0.508 e. The van der Waals surface area contributed by atoms with Gasteiger partial charge < -0.3 is 10.8 Å². The van der Waals surface area contributed by atoms with Crippen LogP contribution >= 0.6 is 24.0 Å². The number of nitrogens with zero attached hydrogens (tertiary/aromatic N) is 1. The second-order valence-corrected chi connectivity index (χ2v) is 2.59. The van der Waals surface area contributed by atoms with Crippen LogP contribution in [0, 0.1) is 0 Å². The molecule has 0 aliphatic rings. The Hall–Kier alpha value is -0.780. The van der Waals surface area contributed by atoms with Gasteiger partial charge in [0.2, 0.25) is 0 Å². The molecule has 72 valence electrons. The molecule has 0 radical (unpaired) electrons. The number of rotatable bonds is 2. The van der Waals surface area contributed by atoms with Gasteiger partial charge in [-0.3, -0.25) is 4.99 Å². The number of halogens is 1. The van der Waals surface area contributed by atoms with Crippen molar-refractivity contribution in [3.05, 3.63) is 29.8 Å². The van der Waals surface area contributed by atoms with Crippen molar-refractivity contribution in [1.29, 1.82) is 0 Å². The van der Waals surface area contributed by atoms with Gasteiger partial charge in [0.1, 0.15) is 5.75 Å². The first kappa shape index (κ1) is 12.2. The predicted octanol–water partition coefficient (Wildman–Crippen LogP) is 1.89. The van der Waals surface area contributed by atoms with E-state index in [9.17, 15) is 5.11 Å². The summed E-state index contributed by atoms with van der Waals surface area (Å²) in [5.74, 6) is 0.792. The fourth-order valence-corrected chi connectivity index (χ4v) is 0.854. The van der Waals surface area contributed by atoms with E-state index in [4.69, 9.17) is 5.73 Å². The first-order valence-electron chi connectivity index (χ1n) is 3.73. The van der Waals surface area contributed by atoms with Gasteiger partial charge in [-0.2, -0.15) is 0 Å². The SMILES string of the molecule is CC(N)=NCc1ccccc1O.I. The Bertz CT molecular complexity index is 295. The highest BCUT2D eigenvalue weighted by Gasteiger charge is 1.96. The van der Waals surface area contributed by atoms with E-state index in [2.05, 4.69) is 4.99 Å². The van der Waals surface area contributed by atoms with Crippen molar-refractivity contribution in [2.45, 2.75) is 13.5 Å². The van der Waals surface area contributed by atoms with E-state index < -0.39 is 0 Å². The van der Waals surface area contributed by atoms with Crippen LogP contribution in [-0.4, -0.2) is 10.9 Å². The summed E-state index contributed by atoms with van der Waals surface area (Å²) in [5, 5.41) is 9.31. The monoisotopic (exact) mass is 292 g/mol. The molecule has 0 heterocycles. The number of amidine groups is 1. The van der Waals surface area contributed by atoms with E-state index in [1.807, 2.05) is 12.1 Å². The molecule has 0 bridgehead atoms. The van der Waals surface area contributed by atoms with Gasteiger partial charge >= 0.3 is 0 Å². The number of nitrogens with two attached hydrogens (primary N) is 1. The molecule has 1 rings (SSSR count). The van der Waals surface area contributed by atoms with Crippen LogP contribution in [0.25, 0.3) is 0 Å². The van der Waals surface area contributed by atoms with Crippen LogP contribution in [-0.2, 0) is 6.54 Å². The number of aliphatic imine (C=N–C) groups is 1. The topological polar surface area (TPSA) is 58.6 Å². The zero-order valence-corrected chi connectivity index (χ0v) is 9.73. The highest BCUT2D eigenvalue weighted by Crippen LogP contribution is 2.15. The highest BCUT2D eigenvalue weighted by atomic mass is 127. The lowest BCUT2D eigenvalue weighted by atomic mass is 10.2. The van der Waals surface area contributed by atoms with E-state index in [0.29, 0.717) is 12.4 Å². The molecule has 1 aromatic rings. The van der Waals surface area contributed by atoms with Crippen molar-refractivity contribution >= 4 is 29.8 Å². The summed E-state index contributed by atoms with van der Waals surface area (Å²) in [6, 6.07) is 7.09. The van der Waals surface area contributed by atoms with Gasteiger partial charge in [0, 0.05) is 5.56 Å². The third-order valence-corrected chi connectivity index (χ3v) is 1.49. The minimum atomic E-state index is 0. The molecule has 0 spiro atoms. The molecule has 0 unspecified atom stereocenters. The highest BCUT2D eigenvalue weighted by molar-refractivity contribution is 14.0. The lowest BCUT2D eigenvalue weighted by molar-refractivity contribution is 0.468. The predicted molar refractivity (Wildman–Crippen MR) is 64.5 cm³/mol. The molecule has 0 aliphatic carbocycles. The maximum Gasteiger partial charge on any atom is 0.120 e. The number of phenols is 1. The van der Waals surface area contributed by atoms with Gasteiger partial charge in [-0.05, 0) is 13.0 Å². The summed E-state index contributed by atoms with van der Waals surface area (Å²) in [6.45, 7) is 2.16. The lowest BCUT2D eigenvalue weighted by Crippen LogP contribution is -2.05. The van der Waals surface area contributed by atoms with E-state index in [-0.39, 0.29) is 29.7 Å². The smallest absolute Gasteiger partial charge is 0.120 e. The Morgan fingerprint density at radius 3 is 2.62 bits per heavy atom. The van der Waals surface area contributed by atoms with Gasteiger partial charge in [-0.15, -0.1) is 24.0 Å². The molecule has 3 nitrogen and oxygen atoms in total. The normalized spacial score (nSPS) is 10.7. The molecule has 0 fully saturated rings. The van der Waals surface area contributed by atoms with Crippen molar-refractivity contribution in [2.24, 2.45) is 10.7 Å². The third-order valence-electron chi connectivity index (χ3n) is 1.49. The zero-order chi connectivity index (χ0) is 8.97. The Morgan fingerprint density at radius 1 is 1.46 bits per heavy atom. The van der Waals surface area contributed by atoms with Crippen molar-refractivity contribution in [3.63, 3.8) is 0 Å². The second kappa shape index (κ2) is 5.80. The van der Waals surface area contributed by atoms with Crippen LogP contribution in [0.2, 0.25) is 0 Å². The summed E-state index contributed by atoms with van der Waals surface area (Å²) < 4.78 is 0. The Balaban J connectivity index is 0.00000144. The fourth-order valence-electron chi connectivity index (χ4n) is 0.854. The molecule has 4 heteroatoms. The van der Waals surface area contributed by atoms with E-state index in [1.165, 1.54) is 0 Å². The number of benzene rings is 1. The maximum absolute atomic E-state index is 9.31. The Kier molecular flexibility index (Phi) is 5.45. The van der Waals surface area contributed by atoms with Gasteiger partial charge in [0.15, 0.2) is 0 Å². The molecule has 0 saturated carbocycles. The van der Waals surface area contributed by atoms with Gasteiger partial charge in [0.25, 0.3) is 0 Å².